The summed E-state index contributed by atoms with van der Waals surface area (Å²) in [6.45, 7) is 5.45. The molecule has 4 aliphatic heterocycles. The van der Waals surface area contributed by atoms with Gasteiger partial charge in [0, 0.05) is 49.3 Å². The number of urea groups is 1. The van der Waals surface area contributed by atoms with E-state index in [1.807, 2.05) is 60.5 Å². The highest BCUT2D eigenvalue weighted by molar-refractivity contribution is 6.06. The molecule has 3 amide bonds. The number of hydrogen-bond donors (Lipinski definition) is 2. The minimum Gasteiger partial charge on any atom is -0.497 e. The number of rotatable bonds is 9. The number of carbonyl (C=O) groups is 2. The molecule has 0 bridgehead atoms. The number of methoxy groups -OCH3 is 1. The van der Waals surface area contributed by atoms with E-state index < -0.39 is 12.0 Å². The van der Waals surface area contributed by atoms with E-state index >= 15 is 8.78 Å². The molecule has 0 aliphatic carbocycles. The number of benzene rings is 3. The van der Waals surface area contributed by atoms with E-state index in [0.29, 0.717) is 55.0 Å². The Kier molecular flexibility index (Phi) is 10.4. The molecule has 8 rings (SSSR count). The van der Waals surface area contributed by atoms with Gasteiger partial charge in [-0.15, -0.1) is 0 Å². The molecule has 4 aliphatic rings. The number of aromatic nitrogens is 2. The Bertz CT molecular complexity index is 2020. The normalized spacial score (nSPS) is 20.7. The van der Waals surface area contributed by atoms with Crippen LogP contribution >= 0.6 is 0 Å². The van der Waals surface area contributed by atoms with Crippen LogP contribution in [-0.2, 0) is 24.3 Å². The molecular weight excluding hydrogens is 703 g/mol. The lowest BCUT2D eigenvalue weighted by Gasteiger charge is -2.46. The SMILES string of the molecule is COc1ccc(CN2C(=O)CCN(c3ccc(N4CCC(N5CCC(c6ccc(Nc7ncc8c(n7)CNCC8)cc6)CC5)C(F)(F)C4)cc3C)C2=O)cc1. The summed E-state index contributed by atoms with van der Waals surface area (Å²) >= 11 is 0. The molecule has 2 N–H and O–H groups in total. The molecule has 0 radical (unpaired) electrons. The van der Waals surface area contributed by atoms with Crippen LogP contribution in [0.25, 0.3) is 0 Å². The van der Waals surface area contributed by atoms with Gasteiger partial charge in [-0.1, -0.05) is 24.3 Å². The lowest BCUT2D eigenvalue weighted by molar-refractivity contribution is -0.129. The molecule has 3 saturated heterocycles. The molecule has 5 heterocycles. The minimum atomic E-state index is -2.88. The summed E-state index contributed by atoms with van der Waals surface area (Å²) in [5.74, 6) is -1.50. The van der Waals surface area contributed by atoms with E-state index in [1.54, 1.807) is 29.0 Å². The fraction of sp³-hybridized carbons (Fsp3) is 0.429. The first-order valence-corrected chi connectivity index (χ1v) is 19.3. The van der Waals surface area contributed by atoms with Gasteiger partial charge in [0.25, 0.3) is 5.92 Å². The van der Waals surface area contributed by atoms with Gasteiger partial charge in [0.15, 0.2) is 0 Å². The second-order valence-electron chi connectivity index (χ2n) is 15.1. The lowest BCUT2D eigenvalue weighted by atomic mass is 9.87. The summed E-state index contributed by atoms with van der Waals surface area (Å²) in [6, 6.07) is 20.0. The number of alkyl halides is 2. The average Bonchev–Trinajstić information content (AvgIpc) is 3.20. The van der Waals surface area contributed by atoms with Crippen LogP contribution in [0.5, 0.6) is 5.75 Å². The van der Waals surface area contributed by atoms with Crippen LogP contribution < -0.4 is 25.2 Å². The van der Waals surface area contributed by atoms with Crippen molar-refractivity contribution in [3.8, 4) is 5.75 Å². The number of aryl methyl sites for hydroxylation is 1. The number of hydrogen-bond acceptors (Lipinski definition) is 9. The number of anilines is 4. The Morgan fingerprint density at radius 3 is 2.45 bits per heavy atom. The molecular formula is C42H48F2N8O3. The second-order valence-corrected chi connectivity index (χ2v) is 15.1. The van der Waals surface area contributed by atoms with E-state index in [-0.39, 0.29) is 38.0 Å². The lowest BCUT2D eigenvalue weighted by Crippen LogP contribution is -2.59. The minimum absolute atomic E-state index is 0.160. The number of nitrogens with one attached hydrogen (secondary N) is 2. The number of piperidine rings is 2. The molecule has 3 aromatic carbocycles. The van der Waals surface area contributed by atoms with E-state index in [9.17, 15) is 9.59 Å². The van der Waals surface area contributed by atoms with E-state index in [1.165, 1.54) is 16.0 Å². The third kappa shape index (κ3) is 7.86. The standard InChI is InChI=1S/C42H48F2N8O3/c1-28-23-34(9-12-37(28)51-22-17-39(53)52(41(51)54)26-29-3-10-35(55-2)11-4-29)50-21-16-38(42(43,44)27-50)49-19-14-31(15-20-49)30-5-7-33(8-6-30)47-40-46-24-32-13-18-45-25-36(32)48-40/h3-12,23-24,31,38,45H,13-22,25-27H2,1-2H3,(H,46,47,48). The van der Waals surface area contributed by atoms with Crippen molar-refractivity contribution in [3.63, 3.8) is 0 Å². The number of imide groups is 1. The molecule has 11 nitrogen and oxygen atoms in total. The summed E-state index contributed by atoms with van der Waals surface area (Å²) in [5.41, 5.74) is 7.38. The summed E-state index contributed by atoms with van der Waals surface area (Å²) in [6.07, 6.45) is 5.09. The highest BCUT2D eigenvalue weighted by Crippen LogP contribution is 2.39. The number of carbonyl (C=O) groups excluding carboxylic acids is 2. The predicted molar refractivity (Wildman–Crippen MR) is 208 cm³/mol. The first-order chi connectivity index (χ1) is 26.6. The molecule has 1 atom stereocenters. The van der Waals surface area contributed by atoms with Crippen LogP contribution in [0.4, 0.5) is 36.6 Å². The molecule has 0 spiro atoms. The van der Waals surface area contributed by atoms with E-state index in [2.05, 4.69) is 32.7 Å². The highest BCUT2D eigenvalue weighted by Gasteiger charge is 2.48. The van der Waals surface area contributed by atoms with Crippen molar-refractivity contribution in [2.75, 3.05) is 61.5 Å². The number of likely N-dealkylation sites (tertiary alicyclic amines) is 1. The van der Waals surface area contributed by atoms with Crippen molar-refractivity contribution < 1.29 is 23.1 Å². The Labute approximate surface area is 320 Å². The predicted octanol–water partition coefficient (Wildman–Crippen LogP) is 6.64. The van der Waals surface area contributed by atoms with Crippen LogP contribution in [-0.4, -0.2) is 90.0 Å². The van der Waals surface area contributed by atoms with Gasteiger partial charge in [-0.25, -0.2) is 23.5 Å². The van der Waals surface area contributed by atoms with Gasteiger partial charge >= 0.3 is 6.03 Å². The number of amides is 3. The van der Waals surface area contributed by atoms with Crippen molar-refractivity contribution >= 4 is 34.9 Å². The van der Waals surface area contributed by atoms with Crippen LogP contribution in [0.3, 0.4) is 0 Å². The monoisotopic (exact) mass is 750 g/mol. The molecule has 3 fully saturated rings. The third-order valence-corrected chi connectivity index (χ3v) is 11.6. The Hall–Kier alpha value is -5.14. The summed E-state index contributed by atoms with van der Waals surface area (Å²) < 4.78 is 37.1. The topological polar surface area (TPSA) is 106 Å². The van der Waals surface area contributed by atoms with Gasteiger partial charge in [-0.2, -0.15) is 0 Å². The maximum absolute atomic E-state index is 15.9. The Morgan fingerprint density at radius 1 is 0.945 bits per heavy atom. The van der Waals surface area contributed by atoms with E-state index in [0.717, 1.165) is 54.9 Å². The van der Waals surface area contributed by atoms with Gasteiger partial charge in [-0.3, -0.25) is 19.5 Å². The zero-order valence-electron chi connectivity index (χ0n) is 31.4. The number of nitrogens with zero attached hydrogens (tertiary/aromatic N) is 6. The Balaban J connectivity index is 0.851. The number of fused-ring (bicyclic) bond motifs is 1. The van der Waals surface area contributed by atoms with E-state index in [4.69, 9.17) is 4.74 Å². The van der Waals surface area contributed by atoms with Crippen LogP contribution in [0.15, 0.2) is 72.9 Å². The van der Waals surface area contributed by atoms with Crippen LogP contribution in [0, 0.1) is 6.92 Å². The van der Waals surface area contributed by atoms with Crippen molar-refractivity contribution in [1.29, 1.82) is 0 Å². The maximum atomic E-state index is 15.9. The third-order valence-electron chi connectivity index (χ3n) is 11.6. The number of ether oxygens (including phenoxy) is 1. The summed E-state index contributed by atoms with van der Waals surface area (Å²) in [7, 11) is 1.59. The fourth-order valence-electron chi connectivity index (χ4n) is 8.53. The summed E-state index contributed by atoms with van der Waals surface area (Å²) in [5, 5.41) is 6.67. The molecule has 55 heavy (non-hydrogen) atoms. The van der Waals surface area contributed by atoms with Gasteiger partial charge in [0.05, 0.1) is 31.9 Å². The largest absolute Gasteiger partial charge is 0.497 e. The maximum Gasteiger partial charge on any atom is 0.331 e. The van der Waals surface area contributed by atoms with Crippen molar-refractivity contribution in [2.45, 2.75) is 70.0 Å². The molecule has 1 aromatic heterocycles. The number of halogens is 2. The van der Waals surface area contributed by atoms with Gasteiger partial charge in [0.2, 0.25) is 11.9 Å². The van der Waals surface area contributed by atoms with Gasteiger partial charge in [-0.05, 0) is 123 Å². The van der Waals surface area contributed by atoms with Crippen molar-refractivity contribution in [3.05, 3.63) is 101 Å². The quantitative estimate of drug-likeness (QED) is 0.195. The van der Waals surface area contributed by atoms with Crippen molar-refractivity contribution in [2.24, 2.45) is 0 Å². The zero-order chi connectivity index (χ0) is 38.1. The summed E-state index contributed by atoms with van der Waals surface area (Å²) in [4.78, 5) is 42.2. The zero-order valence-corrected chi connectivity index (χ0v) is 31.4. The van der Waals surface area contributed by atoms with Gasteiger partial charge in [0.1, 0.15) is 5.75 Å². The van der Waals surface area contributed by atoms with Gasteiger partial charge < -0.3 is 20.3 Å². The first-order valence-electron chi connectivity index (χ1n) is 19.3. The molecule has 1 unspecified atom stereocenters. The highest BCUT2D eigenvalue weighted by atomic mass is 19.3. The first kappa shape index (κ1) is 36.8. The second kappa shape index (κ2) is 15.5. The smallest absolute Gasteiger partial charge is 0.331 e. The Morgan fingerprint density at radius 2 is 1.73 bits per heavy atom. The van der Waals surface area contributed by atoms with Crippen LogP contribution in [0.2, 0.25) is 0 Å². The molecule has 13 heteroatoms. The molecule has 288 valence electrons. The molecule has 0 saturated carbocycles. The van der Waals surface area contributed by atoms with Crippen molar-refractivity contribution in [1.82, 2.24) is 25.1 Å². The average molecular weight is 751 g/mol. The molecule has 4 aromatic rings. The fourth-order valence-corrected chi connectivity index (χ4v) is 8.53. The van der Waals surface area contributed by atoms with Crippen LogP contribution in [0.1, 0.15) is 59.5 Å².